The molecule has 0 amide bonds. The van der Waals surface area contributed by atoms with Gasteiger partial charge in [0.15, 0.2) is 0 Å². The van der Waals surface area contributed by atoms with Gasteiger partial charge in [-0.1, -0.05) is 39.8 Å². The van der Waals surface area contributed by atoms with Crippen molar-refractivity contribution in [2.45, 2.75) is 48.0 Å². The van der Waals surface area contributed by atoms with E-state index in [1.54, 1.807) is 50.2 Å². The van der Waals surface area contributed by atoms with Crippen molar-refractivity contribution < 1.29 is 33.1 Å². The minimum Gasteiger partial charge on any atom is -0.496 e. The highest BCUT2D eigenvalue weighted by Gasteiger charge is 2.46. The zero-order valence-corrected chi connectivity index (χ0v) is 23.6. The maximum Gasteiger partial charge on any atom is 0.236 e. The third-order valence-electron chi connectivity index (χ3n) is 5.63. The highest BCUT2D eigenvalue weighted by Crippen LogP contribution is 2.58. The highest BCUT2D eigenvalue weighted by molar-refractivity contribution is 7.95. The molecule has 0 aromatic heterocycles. The molecule has 198 valence electrons. The van der Waals surface area contributed by atoms with E-state index >= 15 is 0 Å². The van der Waals surface area contributed by atoms with Crippen molar-refractivity contribution in [1.29, 1.82) is 0 Å². The van der Waals surface area contributed by atoms with Crippen LogP contribution in [0.25, 0.3) is 0 Å². The predicted molar refractivity (Wildman–Crippen MR) is 143 cm³/mol. The van der Waals surface area contributed by atoms with Crippen molar-refractivity contribution in [3.63, 3.8) is 0 Å². The minimum atomic E-state index is -4.27. The van der Waals surface area contributed by atoms with Gasteiger partial charge in [-0.3, -0.25) is 9.59 Å². The van der Waals surface area contributed by atoms with Crippen molar-refractivity contribution in [1.82, 2.24) is 0 Å². The summed E-state index contributed by atoms with van der Waals surface area (Å²) in [5.41, 5.74) is -1.65. The average Bonchev–Trinajstić information content (AvgIpc) is 2.81. The van der Waals surface area contributed by atoms with E-state index in [1.165, 1.54) is 14.2 Å². The van der Waals surface area contributed by atoms with Crippen LogP contribution in [-0.2, 0) is 4.57 Å². The molecule has 8 heteroatoms. The van der Waals surface area contributed by atoms with Crippen LogP contribution in [0.3, 0.4) is 0 Å². The number of hydrogen-bond donors (Lipinski definition) is 0. The smallest absolute Gasteiger partial charge is 0.236 e. The number of ether oxygens (including phenoxy) is 4. The lowest BCUT2D eigenvalue weighted by atomic mass is 9.86. The van der Waals surface area contributed by atoms with E-state index < -0.39 is 18.2 Å². The first-order valence-electron chi connectivity index (χ1n) is 12.2. The lowest BCUT2D eigenvalue weighted by Gasteiger charge is -2.27. The van der Waals surface area contributed by atoms with Gasteiger partial charge in [-0.25, -0.2) is 0 Å². The Hall–Kier alpha value is -2.79. The third kappa shape index (κ3) is 6.70. The fourth-order valence-electron chi connectivity index (χ4n) is 4.50. The molecule has 0 heterocycles. The minimum absolute atomic E-state index is 0.00556. The Bertz CT molecular complexity index is 1070. The van der Waals surface area contributed by atoms with E-state index in [0.29, 0.717) is 6.42 Å². The van der Waals surface area contributed by atoms with Crippen LogP contribution in [0.1, 0.15) is 68.7 Å². The molecule has 2 rings (SSSR count). The van der Waals surface area contributed by atoms with Gasteiger partial charge in [-0.15, -0.1) is 0 Å². The Balaban J connectivity index is 2.79. The van der Waals surface area contributed by atoms with Crippen molar-refractivity contribution in [3.05, 3.63) is 47.5 Å². The molecular formula is C28H39O7P. The fourth-order valence-corrected chi connectivity index (χ4v) is 7.19. The number of carbonyl (C=O) groups is 2. The van der Waals surface area contributed by atoms with Gasteiger partial charge >= 0.3 is 0 Å². The fraction of sp³-hybridized carbons (Fsp3) is 0.500. The van der Waals surface area contributed by atoms with Crippen LogP contribution < -0.4 is 18.9 Å². The van der Waals surface area contributed by atoms with E-state index in [1.807, 2.05) is 6.92 Å². The molecule has 0 saturated carbocycles. The summed E-state index contributed by atoms with van der Waals surface area (Å²) < 4.78 is 37.1. The van der Waals surface area contributed by atoms with Gasteiger partial charge < -0.3 is 23.5 Å². The third-order valence-corrected chi connectivity index (χ3v) is 8.53. The van der Waals surface area contributed by atoms with Gasteiger partial charge in [0.05, 0.1) is 27.4 Å². The van der Waals surface area contributed by atoms with Gasteiger partial charge in [0, 0.05) is 6.16 Å². The van der Waals surface area contributed by atoms with Gasteiger partial charge in [-0.2, -0.15) is 0 Å². The number of methoxy groups -OCH3 is 2. The molecule has 0 N–H and O–H groups in total. The first kappa shape index (κ1) is 29.4. The Morgan fingerprint density at radius 2 is 1.19 bits per heavy atom. The molecule has 36 heavy (non-hydrogen) atoms. The number of benzene rings is 2. The molecule has 0 aliphatic rings. The summed E-state index contributed by atoms with van der Waals surface area (Å²) in [5, 5.41) is 0. The maximum absolute atomic E-state index is 14.8. The Morgan fingerprint density at radius 3 is 1.56 bits per heavy atom. The second kappa shape index (κ2) is 12.4. The quantitative estimate of drug-likeness (QED) is 0.266. The van der Waals surface area contributed by atoms with E-state index in [2.05, 4.69) is 20.8 Å². The molecule has 0 radical (unpaired) electrons. The molecule has 0 saturated heterocycles. The SMILES string of the molecule is CCOc1cccc(OCC)c1C(=O)P(=O)(CC(C)CC(C)(C)C)C(=O)c1c(OC)cccc1OC. The summed E-state index contributed by atoms with van der Waals surface area (Å²) >= 11 is 0. The van der Waals surface area contributed by atoms with E-state index in [-0.39, 0.29) is 64.8 Å². The molecular weight excluding hydrogens is 479 g/mol. The van der Waals surface area contributed by atoms with Crippen LogP contribution in [0.4, 0.5) is 0 Å². The van der Waals surface area contributed by atoms with Crippen molar-refractivity contribution in [2.75, 3.05) is 33.6 Å². The Kier molecular flexibility index (Phi) is 10.2. The maximum atomic E-state index is 14.8. The lowest BCUT2D eigenvalue weighted by molar-refractivity contribution is 0.102. The summed E-state index contributed by atoms with van der Waals surface area (Å²) in [7, 11) is -1.44. The Labute approximate surface area is 214 Å². The number of rotatable bonds is 13. The summed E-state index contributed by atoms with van der Waals surface area (Å²) in [6.45, 7) is 12.3. The van der Waals surface area contributed by atoms with Crippen LogP contribution >= 0.6 is 7.14 Å². The van der Waals surface area contributed by atoms with Gasteiger partial charge in [0.2, 0.25) is 18.2 Å². The highest BCUT2D eigenvalue weighted by atomic mass is 31.2. The van der Waals surface area contributed by atoms with Gasteiger partial charge in [-0.05, 0) is 55.9 Å². The average molecular weight is 519 g/mol. The van der Waals surface area contributed by atoms with Gasteiger partial charge in [0.1, 0.15) is 34.1 Å². The topological polar surface area (TPSA) is 88.1 Å². The molecule has 2 aromatic rings. The standard InChI is InChI=1S/C28H39O7P/c1-9-34-22-15-12-16-23(35-10-2)25(22)27(30)36(31,18-19(3)17-28(4,5)6)26(29)24-20(32-7)13-11-14-21(24)33-8/h11-16,19H,9-10,17-18H2,1-8H3. The second-order valence-electron chi connectivity index (χ2n) is 9.94. The van der Waals surface area contributed by atoms with Crippen LogP contribution in [0, 0.1) is 11.3 Å². The summed E-state index contributed by atoms with van der Waals surface area (Å²) in [5.74, 6) is 0.672. The summed E-state index contributed by atoms with van der Waals surface area (Å²) in [6, 6.07) is 9.78. The molecule has 2 unspecified atom stereocenters. The molecule has 7 nitrogen and oxygen atoms in total. The molecule has 0 aliphatic carbocycles. The van der Waals surface area contributed by atoms with Crippen molar-refractivity contribution in [3.8, 4) is 23.0 Å². The molecule has 0 aliphatic heterocycles. The van der Waals surface area contributed by atoms with Crippen LogP contribution in [0.2, 0.25) is 0 Å². The summed E-state index contributed by atoms with van der Waals surface area (Å²) in [4.78, 5) is 28.4. The second-order valence-corrected chi connectivity index (χ2v) is 12.6. The van der Waals surface area contributed by atoms with Crippen LogP contribution in [0.5, 0.6) is 23.0 Å². The predicted octanol–water partition coefficient (Wildman–Crippen LogP) is 6.92. The zero-order chi connectivity index (χ0) is 27.1. The number of carbonyl (C=O) groups excluding carboxylic acids is 2. The van der Waals surface area contributed by atoms with Crippen LogP contribution in [0.15, 0.2) is 36.4 Å². The van der Waals surface area contributed by atoms with E-state index in [0.717, 1.165) is 0 Å². The summed E-state index contributed by atoms with van der Waals surface area (Å²) in [6.07, 6.45) is 0.571. The van der Waals surface area contributed by atoms with Crippen LogP contribution in [-0.4, -0.2) is 44.6 Å². The number of hydrogen-bond acceptors (Lipinski definition) is 7. The monoisotopic (exact) mass is 518 g/mol. The normalized spacial score (nSPS) is 13.9. The van der Waals surface area contributed by atoms with E-state index in [9.17, 15) is 14.2 Å². The first-order valence-corrected chi connectivity index (χ1v) is 14.1. The van der Waals surface area contributed by atoms with Crippen molar-refractivity contribution in [2.24, 2.45) is 11.3 Å². The van der Waals surface area contributed by atoms with Gasteiger partial charge in [0.25, 0.3) is 0 Å². The molecule has 0 bridgehead atoms. The lowest BCUT2D eigenvalue weighted by Crippen LogP contribution is -2.22. The molecule has 2 aromatic carbocycles. The molecule has 2 atom stereocenters. The molecule has 0 spiro atoms. The van der Waals surface area contributed by atoms with E-state index in [4.69, 9.17) is 18.9 Å². The molecule has 0 fully saturated rings. The first-order chi connectivity index (χ1) is 16.9. The Morgan fingerprint density at radius 1 is 0.806 bits per heavy atom. The zero-order valence-electron chi connectivity index (χ0n) is 22.7. The largest absolute Gasteiger partial charge is 0.496 e. The van der Waals surface area contributed by atoms with Crippen molar-refractivity contribution >= 4 is 18.2 Å².